The van der Waals surface area contributed by atoms with Crippen LogP contribution in [-0.4, -0.2) is 14.5 Å². The van der Waals surface area contributed by atoms with Crippen LogP contribution in [0.5, 0.6) is 0 Å². The highest BCUT2D eigenvalue weighted by Gasteiger charge is 2.15. The number of aromatic nitrogens is 2. The predicted molar refractivity (Wildman–Crippen MR) is 69.7 cm³/mol. The van der Waals surface area contributed by atoms with Crippen molar-refractivity contribution in [3.05, 3.63) is 52.1 Å². The highest BCUT2D eigenvalue weighted by molar-refractivity contribution is 7.03. The van der Waals surface area contributed by atoms with Gasteiger partial charge in [0.1, 0.15) is 5.69 Å². The average Bonchev–Trinajstić information content (AvgIpc) is 3.09. The number of hydrogen-bond donors (Lipinski definition) is 0. The number of non-ortho nitro benzene ring substituents is 1. The molecule has 0 bridgehead atoms. The summed E-state index contributed by atoms with van der Waals surface area (Å²) in [5.74, 6) is 0.564. The van der Waals surface area contributed by atoms with Gasteiger partial charge in [-0.25, -0.2) is 0 Å². The molecule has 0 aliphatic rings. The van der Waals surface area contributed by atoms with Crippen molar-refractivity contribution in [1.82, 2.24) is 9.59 Å². The van der Waals surface area contributed by atoms with Gasteiger partial charge in [0.05, 0.1) is 11.2 Å². The minimum atomic E-state index is -0.423. The van der Waals surface area contributed by atoms with E-state index in [1.165, 1.54) is 29.9 Å². The third kappa shape index (κ3) is 2.11. The largest absolute Gasteiger partial charge is 0.462 e. The Balaban J connectivity index is 2.11. The van der Waals surface area contributed by atoms with Gasteiger partial charge < -0.3 is 4.42 Å². The van der Waals surface area contributed by atoms with E-state index in [4.69, 9.17) is 4.42 Å². The van der Waals surface area contributed by atoms with Crippen LogP contribution >= 0.6 is 11.5 Å². The minimum Gasteiger partial charge on any atom is -0.462 e. The van der Waals surface area contributed by atoms with Gasteiger partial charge in [-0.05, 0) is 23.2 Å². The molecule has 0 atom stereocenters. The van der Waals surface area contributed by atoms with Crippen molar-refractivity contribution >= 4 is 17.2 Å². The molecule has 3 aromatic rings. The molecule has 3 rings (SSSR count). The first-order chi connectivity index (χ1) is 9.25. The molecule has 0 radical (unpaired) electrons. The Morgan fingerprint density at radius 3 is 2.95 bits per heavy atom. The Hall–Kier alpha value is -2.54. The van der Waals surface area contributed by atoms with Gasteiger partial charge in [0.2, 0.25) is 0 Å². The van der Waals surface area contributed by atoms with E-state index in [2.05, 4.69) is 9.59 Å². The SMILES string of the molecule is O=[N+]([O-])c1cccc(-c2ccoc2-c2csnn2)c1. The minimum absolute atomic E-state index is 0.0426. The Kier molecular flexibility index (Phi) is 2.81. The Labute approximate surface area is 111 Å². The predicted octanol–water partition coefficient (Wildman–Crippen LogP) is 3.37. The second-order valence-corrected chi connectivity index (χ2v) is 4.37. The van der Waals surface area contributed by atoms with Crippen LogP contribution in [0, 0.1) is 10.1 Å². The number of hydrogen-bond acceptors (Lipinski definition) is 6. The summed E-state index contributed by atoms with van der Waals surface area (Å²) < 4.78 is 9.18. The summed E-state index contributed by atoms with van der Waals surface area (Å²) >= 11 is 1.22. The highest BCUT2D eigenvalue weighted by atomic mass is 32.1. The fourth-order valence-electron chi connectivity index (χ4n) is 1.79. The van der Waals surface area contributed by atoms with Crippen LogP contribution in [0.2, 0.25) is 0 Å². The molecule has 0 N–H and O–H groups in total. The fourth-order valence-corrected chi connectivity index (χ4v) is 2.22. The zero-order chi connectivity index (χ0) is 13.2. The summed E-state index contributed by atoms with van der Waals surface area (Å²) in [6, 6.07) is 8.15. The van der Waals surface area contributed by atoms with E-state index in [0.717, 1.165) is 5.56 Å². The number of nitro benzene ring substituents is 1. The molecule has 0 aliphatic carbocycles. The van der Waals surface area contributed by atoms with E-state index >= 15 is 0 Å². The Morgan fingerprint density at radius 1 is 1.32 bits per heavy atom. The number of rotatable bonds is 3. The van der Waals surface area contributed by atoms with Gasteiger partial charge in [0, 0.05) is 23.1 Å². The molecule has 94 valence electrons. The van der Waals surface area contributed by atoms with Crippen molar-refractivity contribution in [2.24, 2.45) is 0 Å². The second kappa shape index (κ2) is 4.62. The van der Waals surface area contributed by atoms with E-state index in [9.17, 15) is 10.1 Å². The molecule has 7 heteroatoms. The second-order valence-electron chi connectivity index (χ2n) is 3.76. The summed E-state index contributed by atoms with van der Waals surface area (Å²) in [7, 11) is 0. The molecule has 0 aliphatic heterocycles. The molecule has 0 amide bonds. The van der Waals surface area contributed by atoms with Crippen LogP contribution in [-0.2, 0) is 0 Å². The van der Waals surface area contributed by atoms with Gasteiger partial charge in [0.25, 0.3) is 5.69 Å². The lowest BCUT2D eigenvalue weighted by molar-refractivity contribution is -0.384. The Morgan fingerprint density at radius 2 is 2.21 bits per heavy atom. The standard InChI is InChI=1S/C12H7N3O3S/c16-15(17)9-3-1-2-8(6-9)10-4-5-18-12(10)11-7-19-14-13-11/h1-7H. The van der Waals surface area contributed by atoms with Crippen molar-refractivity contribution in [3.8, 4) is 22.6 Å². The van der Waals surface area contributed by atoms with Crippen molar-refractivity contribution in [2.45, 2.75) is 0 Å². The lowest BCUT2D eigenvalue weighted by atomic mass is 10.0. The number of benzene rings is 1. The topological polar surface area (TPSA) is 82.1 Å². The van der Waals surface area contributed by atoms with Crippen LogP contribution in [0.3, 0.4) is 0 Å². The molecule has 2 heterocycles. The maximum atomic E-state index is 10.8. The lowest BCUT2D eigenvalue weighted by Gasteiger charge is -2.00. The molecule has 2 aromatic heterocycles. The summed E-state index contributed by atoms with van der Waals surface area (Å²) in [5.41, 5.74) is 2.14. The third-order valence-corrected chi connectivity index (χ3v) is 3.13. The normalized spacial score (nSPS) is 10.5. The molecule has 0 saturated carbocycles. The van der Waals surface area contributed by atoms with Crippen LogP contribution in [0.15, 0.2) is 46.4 Å². The van der Waals surface area contributed by atoms with Gasteiger partial charge in [-0.1, -0.05) is 16.6 Å². The van der Waals surface area contributed by atoms with Gasteiger partial charge in [0.15, 0.2) is 5.76 Å². The van der Waals surface area contributed by atoms with Crippen molar-refractivity contribution < 1.29 is 9.34 Å². The van der Waals surface area contributed by atoms with Crippen LogP contribution in [0.25, 0.3) is 22.6 Å². The van der Waals surface area contributed by atoms with Gasteiger partial charge >= 0.3 is 0 Å². The maximum Gasteiger partial charge on any atom is 0.270 e. The van der Waals surface area contributed by atoms with Crippen LogP contribution in [0.1, 0.15) is 0 Å². The Bertz CT molecular complexity index is 721. The van der Waals surface area contributed by atoms with E-state index in [-0.39, 0.29) is 5.69 Å². The van der Waals surface area contributed by atoms with Gasteiger partial charge in [-0.3, -0.25) is 10.1 Å². The fraction of sp³-hybridized carbons (Fsp3) is 0. The zero-order valence-corrected chi connectivity index (χ0v) is 10.3. The highest BCUT2D eigenvalue weighted by Crippen LogP contribution is 2.33. The molecular formula is C12H7N3O3S. The quantitative estimate of drug-likeness (QED) is 0.539. The first kappa shape index (κ1) is 11.5. The molecular weight excluding hydrogens is 266 g/mol. The number of nitrogens with zero attached hydrogens (tertiary/aromatic N) is 3. The van der Waals surface area contributed by atoms with Crippen LogP contribution in [0.4, 0.5) is 5.69 Å². The number of nitro groups is 1. The van der Waals surface area contributed by atoms with E-state index < -0.39 is 4.92 Å². The van der Waals surface area contributed by atoms with Gasteiger partial charge in [-0.15, -0.1) is 5.10 Å². The lowest BCUT2D eigenvalue weighted by Crippen LogP contribution is -1.88. The van der Waals surface area contributed by atoms with E-state index in [1.807, 2.05) is 0 Å². The smallest absolute Gasteiger partial charge is 0.270 e. The third-order valence-electron chi connectivity index (χ3n) is 2.63. The molecule has 6 nitrogen and oxygen atoms in total. The van der Waals surface area contributed by atoms with E-state index in [0.29, 0.717) is 17.0 Å². The van der Waals surface area contributed by atoms with Crippen LogP contribution < -0.4 is 0 Å². The average molecular weight is 273 g/mol. The van der Waals surface area contributed by atoms with Crippen molar-refractivity contribution in [3.63, 3.8) is 0 Å². The zero-order valence-electron chi connectivity index (χ0n) is 9.52. The first-order valence-corrected chi connectivity index (χ1v) is 6.19. The summed E-state index contributed by atoms with van der Waals surface area (Å²) in [6.07, 6.45) is 1.53. The summed E-state index contributed by atoms with van der Waals surface area (Å²) in [5, 5.41) is 16.5. The first-order valence-electron chi connectivity index (χ1n) is 5.35. The van der Waals surface area contributed by atoms with Crippen molar-refractivity contribution in [1.29, 1.82) is 0 Å². The molecule has 0 unspecified atom stereocenters. The molecule has 0 saturated heterocycles. The maximum absolute atomic E-state index is 10.8. The van der Waals surface area contributed by atoms with Crippen molar-refractivity contribution in [2.75, 3.05) is 0 Å². The number of furan rings is 1. The monoisotopic (exact) mass is 273 g/mol. The summed E-state index contributed by atoms with van der Waals surface area (Å²) in [6.45, 7) is 0. The molecule has 1 aromatic carbocycles. The molecule has 19 heavy (non-hydrogen) atoms. The molecule has 0 fully saturated rings. The van der Waals surface area contributed by atoms with Gasteiger partial charge in [-0.2, -0.15) is 0 Å². The van der Waals surface area contributed by atoms with E-state index in [1.54, 1.807) is 23.6 Å². The summed E-state index contributed by atoms with van der Waals surface area (Å²) in [4.78, 5) is 10.4. The molecule has 0 spiro atoms.